The summed E-state index contributed by atoms with van der Waals surface area (Å²) < 4.78 is 81.4. The van der Waals surface area contributed by atoms with Crippen molar-refractivity contribution in [1.29, 1.82) is 0 Å². The highest BCUT2D eigenvalue weighted by Gasteiger charge is 2.15. The van der Waals surface area contributed by atoms with Gasteiger partial charge in [-0.25, -0.2) is 19.2 Å². The summed E-state index contributed by atoms with van der Waals surface area (Å²) >= 11 is 0. The van der Waals surface area contributed by atoms with E-state index in [1.807, 2.05) is 0 Å². The van der Waals surface area contributed by atoms with Crippen LogP contribution in [0.1, 0.15) is 0 Å². The Morgan fingerprint density at radius 3 is 0.772 bits per heavy atom. The quantitative estimate of drug-likeness (QED) is 0.0361. The van der Waals surface area contributed by atoms with Crippen LogP contribution in [0.5, 0.6) is 0 Å². The zero-order valence-corrected chi connectivity index (χ0v) is 33.0. The zero-order chi connectivity index (χ0) is 41.9. The molecule has 0 aliphatic heterocycles. The fourth-order valence-corrected chi connectivity index (χ4v) is 3.72. The number of esters is 4. The summed E-state index contributed by atoms with van der Waals surface area (Å²) in [5.41, 5.74) is 0. The van der Waals surface area contributed by atoms with E-state index >= 15 is 0 Å². The van der Waals surface area contributed by atoms with Crippen molar-refractivity contribution in [3.05, 3.63) is 50.6 Å². The Balaban J connectivity index is 4.78. The highest BCUT2D eigenvalue weighted by atomic mass is 16.6. The fraction of sp³-hybridized carbons (Fsp3) is 0.684. The minimum Gasteiger partial charge on any atom is -0.460 e. The summed E-state index contributed by atoms with van der Waals surface area (Å²) in [7, 11) is 0. The minimum atomic E-state index is -0.524. The van der Waals surface area contributed by atoms with Gasteiger partial charge in [-0.1, -0.05) is 26.3 Å². The molecule has 0 rings (SSSR count). The molecular formula is C38H62O19. The number of hydrogen-bond acceptors (Lipinski definition) is 19. The number of hydrogen-bond donors (Lipinski definition) is 0. The summed E-state index contributed by atoms with van der Waals surface area (Å²) in [6.45, 7) is 18.7. The van der Waals surface area contributed by atoms with E-state index in [2.05, 4.69) is 26.3 Å². The van der Waals surface area contributed by atoms with Crippen molar-refractivity contribution in [3.63, 3.8) is 0 Å². The fourth-order valence-electron chi connectivity index (χ4n) is 3.72. The van der Waals surface area contributed by atoms with Crippen LogP contribution in [0, 0.1) is 0 Å². The lowest BCUT2D eigenvalue weighted by Gasteiger charge is -2.22. The monoisotopic (exact) mass is 822 g/mol. The molecule has 0 aliphatic rings. The zero-order valence-electron chi connectivity index (χ0n) is 33.0. The van der Waals surface area contributed by atoms with E-state index in [1.54, 1.807) is 0 Å². The van der Waals surface area contributed by atoms with Crippen LogP contribution in [0.2, 0.25) is 0 Å². The third-order valence-corrected chi connectivity index (χ3v) is 6.42. The molecule has 0 aromatic heterocycles. The Kier molecular flexibility index (Phi) is 39.4. The Labute approximate surface area is 335 Å². The van der Waals surface area contributed by atoms with Crippen LogP contribution in [-0.2, 0) is 90.2 Å². The van der Waals surface area contributed by atoms with Gasteiger partial charge in [-0.05, 0) is 0 Å². The smallest absolute Gasteiger partial charge is 0.330 e. The Bertz CT molecular complexity index is 975. The second-order valence-electron chi connectivity index (χ2n) is 10.8. The first-order chi connectivity index (χ1) is 27.9. The maximum absolute atomic E-state index is 11.1. The predicted molar refractivity (Wildman–Crippen MR) is 201 cm³/mol. The highest BCUT2D eigenvalue weighted by Crippen LogP contribution is 2.02. The second-order valence-corrected chi connectivity index (χ2v) is 10.8. The van der Waals surface area contributed by atoms with E-state index in [0.29, 0.717) is 26.4 Å². The minimum absolute atomic E-state index is 0.0998. The van der Waals surface area contributed by atoms with Crippen LogP contribution in [0.15, 0.2) is 50.6 Å². The number of carbonyl (C=O) groups excluding carboxylic acids is 4. The standard InChI is InChI=1S/C38H62O19/c1-5-35(39)54-25-19-45-11-9-43-17-23-52-33(29-49-15-13-47-21-27-56-37(41)7-3)31-51-32-34(30-50-16-14-48-22-28-57-38(42)8-4)53-24-18-44-10-12-46-20-26-55-36(40)6-2/h5-8,33-34H,1-4,9-32H2. The molecule has 57 heavy (non-hydrogen) atoms. The first-order valence-corrected chi connectivity index (χ1v) is 18.5. The molecule has 0 aliphatic carbocycles. The molecule has 0 saturated carbocycles. The van der Waals surface area contributed by atoms with Crippen molar-refractivity contribution in [3.8, 4) is 0 Å². The summed E-state index contributed by atoms with van der Waals surface area (Å²) in [4.78, 5) is 44.4. The molecule has 19 heteroatoms. The number of ether oxygens (including phenoxy) is 15. The van der Waals surface area contributed by atoms with Gasteiger partial charge in [0.2, 0.25) is 0 Å². The van der Waals surface area contributed by atoms with Gasteiger partial charge in [-0.15, -0.1) is 0 Å². The van der Waals surface area contributed by atoms with Crippen molar-refractivity contribution >= 4 is 23.9 Å². The van der Waals surface area contributed by atoms with Crippen LogP contribution in [0.3, 0.4) is 0 Å². The third-order valence-electron chi connectivity index (χ3n) is 6.42. The highest BCUT2D eigenvalue weighted by molar-refractivity contribution is 5.82. The van der Waals surface area contributed by atoms with Crippen LogP contribution >= 0.6 is 0 Å². The van der Waals surface area contributed by atoms with E-state index < -0.39 is 36.1 Å². The van der Waals surface area contributed by atoms with Crippen molar-refractivity contribution in [2.24, 2.45) is 0 Å². The van der Waals surface area contributed by atoms with E-state index in [1.165, 1.54) is 0 Å². The predicted octanol–water partition coefficient (Wildman–Crippen LogP) is 0.823. The van der Waals surface area contributed by atoms with Crippen LogP contribution in [-0.4, -0.2) is 195 Å². The molecular weight excluding hydrogens is 760 g/mol. The van der Waals surface area contributed by atoms with Gasteiger partial charge in [0.15, 0.2) is 0 Å². The first kappa shape index (κ1) is 53.4. The molecule has 0 N–H and O–H groups in total. The summed E-state index contributed by atoms with van der Waals surface area (Å²) in [6.07, 6.45) is 3.39. The summed E-state index contributed by atoms with van der Waals surface area (Å²) in [5, 5.41) is 0. The lowest BCUT2D eigenvalue weighted by Crippen LogP contribution is -2.32. The van der Waals surface area contributed by atoms with Gasteiger partial charge < -0.3 is 71.1 Å². The molecule has 0 heterocycles. The van der Waals surface area contributed by atoms with Crippen molar-refractivity contribution in [2.45, 2.75) is 12.2 Å². The molecule has 19 nitrogen and oxygen atoms in total. The number of rotatable bonds is 44. The van der Waals surface area contributed by atoms with E-state index in [4.69, 9.17) is 71.1 Å². The first-order valence-electron chi connectivity index (χ1n) is 18.5. The molecule has 0 radical (unpaired) electrons. The molecule has 0 aromatic rings. The lowest BCUT2D eigenvalue weighted by atomic mass is 10.3. The molecule has 0 spiro atoms. The van der Waals surface area contributed by atoms with Gasteiger partial charge >= 0.3 is 23.9 Å². The van der Waals surface area contributed by atoms with E-state index in [9.17, 15) is 19.2 Å². The maximum Gasteiger partial charge on any atom is 0.330 e. The van der Waals surface area contributed by atoms with Crippen LogP contribution in [0.25, 0.3) is 0 Å². The average Bonchev–Trinajstić information content (AvgIpc) is 3.22. The van der Waals surface area contributed by atoms with E-state index in [-0.39, 0.29) is 132 Å². The van der Waals surface area contributed by atoms with Gasteiger partial charge in [0.1, 0.15) is 38.6 Å². The average molecular weight is 823 g/mol. The van der Waals surface area contributed by atoms with E-state index in [0.717, 1.165) is 24.3 Å². The van der Waals surface area contributed by atoms with Gasteiger partial charge in [0.05, 0.1) is 132 Å². The SMILES string of the molecule is C=CC(=O)OCCOCCOCCOC(COCCOCCOC(=O)C=C)COCC(COCCOCCOC(=O)C=C)OCCOCCOCCOC(=O)C=C. The van der Waals surface area contributed by atoms with Gasteiger partial charge in [-0.3, -0.25) is 0 Å². The number of carbonyl (C=O) groups is 4. The third kappa shape index (κ3) is 39.0. The summed E-state index contributed by atoms with van der Waals surface area (Å²) in [5.74, 6) is -2.07. The Morgan fingerprint density at radius 1 is 0.298 bits per heavy atom. The molecule has 0 amide bonds. The molecule has 0 saturated heterocycles. The van der Waals surface area contributed by atoms with Crippen molar-refractivity contribution in [1.82, 2.24) is 0 Å². The molecule has 0 bridgehead atoms. The van der Waals surface area contributed by atoms with Gasteiger partial charge in [-0.2, -0.15) is 0 Å². The van der Waals surface area contributed by atoms with Crippen LogP contribution in [0.4, 0.5) is 0 Å². The Hall–Kier alpha value is -3.60. The normalized spacial score (nSPS) is 11.9. The molecule has 0 fully saturated rings. The van der Waals surface area contributed by atoms with Crippen molar-refractivity contribution in [2.75, 3.05) is 159 Å². The molecule has 328 valence electrons. The molecule has 0 aromatic carbocycles. The second kappa shape index (κ2) is 42.0. The Morgan fingerprint density at radius 2 is 0.509 bits per heavy atom. The molecule has 2 atom stereocenters. The largest absolute Gasteiger partial charge is 0.460 e. The molecule has 2 unspecified atom stereocenters. The van der Waals surface area contributed by atoms with Crippen LogP contribution < -0.4 is 0 Å². The summed E-state index contributed by atoms with van der Waals surface area (Å²) in [6, 6.07) is 0. The topological polar surface area (TPSA) is 207 Å². The van der Waals surface area contributed by atoms with Gasteiger partial charge in [0.25, 0.3) is 0 Å². The maximum atomic E-state index is 11.1. The van der Waals surface area contributed by atoms with Crippen molar-refractivity contribution < 1.29 is 90.2 Å². The lowest BCUT2D eigenvalue weighted by molar-refractivity contribution is -0.140. The van der Waals surface area contributed by atoms with Gasteiger partial charge in [0, 0.05) is 24.3 Å².